The summed E-state index contributed by atoms with van der Waals surface area (Å²) in [5.41, 5.74) is 0.447. The van der Waals surface area contributed by atoms with Gasteiger partial charge in [0.25, 0.3) is 0 Å². The van der Waals surface area contributed by atoms with Crippen LogP contribution < -0.4 is 0 Å². The normalized spacial score (nSPS) is 14.9. The first-order chi connectivity index (χ1) is 12.4. The maximum absolute atomic E-state index is 11.3. The largest absolute Gasteiger partial charge is 0.463 e. The predicted molar refractivity (Wildman–Crippen MR) is 118 cm³/mol. The number of carbonyl (C=O) groups is 1. The van der Waals surface area contributed by atoms with Gasteiger partial charge in [-0.15, -0.1) is 0 Å². The monoisotopic (exact) mass is 382 g/mol. The van der Waals surface area contributed by atoms with E-state index in [9.17, 15) is 4.79 Å². The predicted octanol–water partition coefficient (Wildman–Crippen LogP) is 6.23. The summed E-state index contributed by atoms with van der Waals surface area (Å²) in [6, 6.07) is 0. The van der Waals surface area contributed by atoms with Crippen molar-refractivity contribution >= 4 is 5.97 Å². The van der Waals surface area contributed by atoms with Gasteiger partial charge in [0.2, 0.25) is 0 Å². The molecule has 0 saturated heterocycles. The Kier molecular flexibility index (Phi) is 11.5. The lowest BCUT2D eigenvalue weighted by Gasteiger charge is -2.43. The highest BCUT2D eigenvalue weighted by atomic mass is 16.5. The molecule has 3 heteroatoms. The molecule has 0 aliphatic rings. The summed E-state index contributed by atoms with van der Waals surface area (Å²) in [7, 11) is 0. The van der Waals surface area contributed by atoms with Crippen molar-refractivity contribution in [3.05, 3.63) is 12.7 Å². The molecule has 0 saturated carbocycles. The lowest BCUT2D eigenvalue weighted by molar-refractivity contribution is -0.930. The van der Waals surface area contributed by atoms with E-state index in [1.807, 2.05) is 0 Å². The second-order valence-corrected chi connectivity index (χ2v) is 10.4. The van der Waals surface area contributed by atoms with Crippen LogP contribution in [0.15, 0.2) is 12.7 Å². The van der Waals surface area contributed by atoms with Gasteiger partial charge in [0, 0.05) is 18.4 Å². The van der Waals surface area contributed by atoms with Crippen LogP contribution in [0.1, 0.15) is 87.5 Å². The van der Waals surface area contributed by atoms with Gasteiger partial charge in [0.05, 0.1) is 32.8 Å². The van der Waals surface area contributed by atoms with E-state index < -0.39 is 0 Å². The van der Waals surface area contributed by atoms with Crippen LogP contribution in [-0.2, 0) is 9.53 Å². The molecular formula is C24H48NO2+. The number of carbonyl (C=O) groups excluding carboxylic acids is 1. The summed E-state index contributed by atoms with van der Waals surface area (Å²) in [6.45, 7) is 27.8. The smallest absolute Gasteiger partial charge is 0.330 e. The molecule has 0 aromatic rings. The Morgan fingerprint density at radius 1 is 1.07 bits per heavy atom. The molecule has 0 radical (unpaired) electrons. The highest BCUT2D eigenvalue weighted by Crippen LogP contribution is 2.39. The van der Waals surface area contributed by atoms with Crippen LogP contribution in [0.25, 0.3) is 0 Å². The van der Waals surface area contributed by atoms with Crippen molar-refractivity contribution in [2.75, 3.05) is 32.8 Å². The minimum Gasteiger partial charge on any atom is -0.463 e. The second kappa shape index (κ2) is 11.9. The Morgan fingerprint density at radius 2 is 1.67 bits per heavy atom. The Labute approximate surface area is 170 Å². The summed E-state index contributed by atoms with van der Waals surface area (Å²) >= 11 is 0. The number of ether oxygens (including phenoxy) is 1. The van der Waals surface area contributed by atoms with Gasteiger partial charge in [-0.05, 0) is 37.0 Å². The van der Waals surface area contributed by atoms with Gasteiger partial charge < -0.3 is 9.22 Å². The van der Waals surface area contributed by atoms with E-state index in [1.165, 1.54) is 56.0 Å². The molecule has 0 heterocycles. The first-order valence-corrected chi connectivity index (χ1v) is 11.1. The molecule has 0 N–H and O–H groups in total. The molecule has 0 spiro atoms. The number of quaternary nitrogens is 1. The van der Waals surface area contributed by atoms with Crippen LogP contribution in [0.5, 0.6) is 0 Å². The van der Waals surface area contributed by atoms with E-state index in [1.54, 1.807) is 0 Å². The van der Waals surface area contributed by atoms with Crippen LogP contribution in [0.2, 0.25) is 0 Å². The van der Waals surface area contributed by atoms with Crippen molar-refractivity contribution in [2.45, 2.75) is 87.5 Å². The molecule has 0 aromatic heterocycles. The molecule has 0 aromatic carbocycles. The maximum Gasteiger partial charge on any atom is 0.330 e. The highest BCUT2D eigenvalue weighted by molar-refractivity contribution is 5.81. The van der Waals surface area contributed by atoms with E-state index in [0.29, 0.717) is 6.61 Å². The van der Waals surface area contributed by atoms with Gasteiger partial charge in [-0.2, -0.15) is 0 Å². The van der Waals surface area contributed by atoms with Gasteiger partial charge in [0.15, 0.2) is 0 Å². The average molecular weight is 383 g/mol. The number of hydrogen-bond donors (Lipinski definition) is 0. The molecule has 0 fully saturated rings. The Balaban J connectivity index is 4.83. The van der Waals surface area contributed by atoms with Crippen molar-refractivity contribution in [3.63, 3.8) is 0 Å². The molecule has 0 bridgehead atoms. The highest BCUT2D eigenvalue weighted by Gasteiger charge is 2.33. The summed E-state index contributed by atoms with van der Waals surface area (Å²) in [4.78, 5) is 11.3. The van der Waals surface area contributed by atoms with Gasteiger partial charge >= 0.3 is 5.97 Å². The molecule has 3 nitrogen and oxygen atoms in total. The standard InChI is InChI=1S/C24H48NO2/c1-10-13-16-25(12-3,19-21(4)5)17-14-23(6,7)20-24(8,9)15-18-27-22(26)11-2/h11,21H,2,10,12-20H2,1,3-9H3/q+1. The lowest BCUT2D eigenvalue weighted by Crippen LogP contribution is -2.52. The number of unbranched alkanes of at least 4 members (excludes halogenated alkanes) is 1. The van der Waals surface area contributed by atoms with Crippen LogP contribution in [0.4, 0.5) is 0 Å². The third-order valence-electron chi connectivity index (χ3n) is 5.82. The first-order valence-electron chi connectivity index (χ1n) is 11.1. The molecule has 0 amide bonds. The van der Waals surface area contributed by atoms with Gasteiger partial charge in [-0.3, -0.25) is 0 Å². The van der Waals surface area contributed by atoms with Crippen LogP contribution in [0.3, 0.4) is 0 Å². The fourth-order valence-corrected chi connectivity index (χ4v) is 4.51. The van der Waals surface area contributed by atoms with Crippen molar-refractivity contribution in [3.8, 4) is 0 Å². The zero-order valence-corrected chi connectivity index (χ0v) is 19.7. The molecule has 27 heavy (non-hydrogen) atoms. The Bertz CT molecular complexity index is 440. The number of esters is 1. The van der Waals surface area contributed by atoms with Crippen molar-refractivity contribution < 1.29 is 14.0 Å². The molecule has 1 unspecified atom stereocenters. The average Bonchev–Trinajstić information content (AvgIpc) is 2.55. The van der Waals surface area contributed by atoms with E-state index >= 15 is 0 Å². The fraction of sp³-hybridized carbons (Fsp3) is 0.875. The minimum atomic E-state index is -0.320. The van der Waals surface area contributed by atoms with E-state index in [0.717, 1.165) is 18.8 Å². The third-order valence-corrected chi connectivity index (χ3v) is 5.82. The summed E-state index contributed by atoms with van der Waals surface area (Å²) < 4.78 is 6.46. The molecule has 0 aliphatic heterocycles. The summed E-state index contributed by atoms with van der Waals surface area (Å²) in [5.74, 6) is 0.417. The van der Waals surface area contributed by atoms with E-state index in [2.05, 4.69) is 62.0 Å². The lowest BCUT2D eigenvalue weighted by atomic mass is 9.72. The van der Waals surface area contributed by atoms with Crippen molar-refractivity contribution in [2.24, 2.45) is 16.7 Å². The molecular weight excluding hydrogens is 334 g/mol. The van der Waals surface area contributed by atoms with E-state index in [4.69, 9.17) is 4.74 Å². The maximum atomic E-state index is 11.3. The number of hydrogen-bond acceptors (Lipinski definition) is 2. The molecule has 0 rings (SSSR count). The Hall–Kier alpha value is -0.830. The second-order valence-electron chi connectivity index (χ2n) is 10.4. The summed E-state index contributed by atoms with van der Waals surface area (Å²) in [6.07, 6.45) is 7.12. The van der Waals surface area contributed by atoms with Gasteiger partial charge in [-0.25, -0.2) is 4.79 Å². The fourth-order valence-electron chi connectivity index (χ4n) is 4.51. The summed E-state index contributed by atoms with van der Waals surface area (Å²) in [5, 5.41) is 0. The minimum absolute atomic E-state index is 0.161. The van der Waals surface area contributed by atoms with Crippen LogP contribution >= 0.6 is 0 Å². The third kappa shape index (κ3) is 11.6. The van der Waals surface area contributed by atoms with Crippen molar-refractivity contribution in [1.29, 1.82) is 0 Å². The molecule has 1 atom stereocenters. The number of nitrogens with zero attached hydrogens (tertiary/aromatic N) is 1. The quantitative estimate of drug-likeness (QED) is 0.191. The molecule has 160 valence electrons. The first kappa shape index (κ1) is 26.2. The zero-order valence-electron chi connectivity index (χ0n) is 19.7. The SMILES string of the molecule is C=CC(=O)OCCC(C)(C)CC(C)(C)CC[N+](CC)(CCCC)CC(C)C. The van der Waals surface area contributed by atoms with Gasteiger partial charge in [-0.1, -0.05) is 61.5 Å². The Morgan fingerprint density at radius 3 is 2.15 bits per heavy atom. The van der Waals surface area contributed by atoms with Crippen LogP contribution in [0, 0.1) is 16.7 Å². The van der Waals surface area contributed by atoms with Gasteiger partial charge in [0.1, 0.15) is 0 Å². The topological polar surface area (TPSA) is 26.3 Å². The zero-order chi connectivity index (χ0) is 21.1. The van der Waals surface area contributed by atoms with E-state index in [-0.39, 0.29) is 16.8 Å². The molecule has 0 aliphatic carbocycles. The van der Waals surface area contributed by atoms with Crippen LogP contribution in [-0.4, -0.2) is 43.2 Å². The van der Waals surface area contributed by atoms with Crippen molar-refractivity contribution in [1.82, 2.24) is 0 Å². The number of rotatable bonds is 15.